The van der Waals surface area contributed by atoms with Crippen molar-refractivity contribution in [3.8, 4) is 0 Å². The molecule has 2 atom stereocenters. The van der Waals surface area contributed by atoms with Gasteiger partial charge in [-0.15, -0.1) is 0 Å². The fraction of sp³-hybridized carbons (Fsp3) is 0.867. The topological polar surface area (TPSA) is 63.4 Å². The van der Waals surface area contributed by atoms with E-state index in [0.29, 0.717) is 19.0 Å². The summed E-state index contributed by atoms with van der Waals surface area (Å²) in [6, 6.07) is 0.571. The van der Waals surface area contributed by atoms with E-state index in [1.165, 1.54) is 32.1 Å². The molecule has 3 rings (SSSR count). The summed E-state index contributed by atoms with van der Waals surface area (Å²) in [5.74, 6) is -0.196. The van der Waals surface area contributed by atoms with Crippen LogP contribution in [0.2, 0.25) is 0 Å². The number of rotatable bonds is 2. The molecular formula is C15H24N2O2. The Balaban J connectivity index is 1.82. The lowest BCUT2D eigenvalue weighted by atomic mass is 9.64. The predicted octanol–water partition coefficient (Wildman–Crippen LogP) is 1.48. The Morgan fingerprint density at radius 1 is 1.16 bits per heavy atom. The highest BCUT2D eigenvalue weighted by Gasteiger charge is 2.54. The molecule has 0 aromatic carbocycles. The number of hydrogen-bond donors (Lipinski definition) is 1. The van der Waals surface area contributed by atoms with Gasteiger partial charge < -0.3 is 5.73 Å². The van der Waals surface area contributed by atoms with Crippen LogP contribution in [0.1, 0.15) is 51.4 Å². The molecule has 3 fully saturated rings. The molecule has 4 nitrogen and oxygen atoms in total. The van der Waals surface area contributed by atoms with Gasteiger partial charge in [-0.05, 0) is 25.7 Å². The van der Waals surface area contributed by atoms with Crippen molar-refractivity contribution in [3.63, 3.8) is 0 Å². The third-order valence-corrected chi connectivity index (χ3v) is 5.49. The smallest absolute Gasteiger partial charge is 0.232 e. The normalized spacial score (nSPS) is 37.3. The zero-order valence-corrected chi connectivity index (χ0v) is 11.6. The van der Waals surface area contributed by atoms with Crippen LogP contribution in [0.4, 0.5) is 0 Å². The number of nitrogens with zero attached hydrogens (tertiary/aromatic N) is 1. The molecule has 1 amide bonds. The molecule has 1 saturated heterocycles. The first kappa shape index (κ1) is 13.1. The number of ketones is 1. The van der Waals surface area contributed by atoms with Crippen LogP contribution in [0.15, 0.2) is 0 Å². The van der Waals surface area contributed by atoms with E-state index in [1.807, 2.05) is 0 Å². The Hall–Kier alpha value is -0.900. The van der Waals surface area contributed by atoms with Crippen LogP contribution < -0.4 is 5.73 Å². The summed E-state index contributed by atoms with van der Waals surface area (Å²) in [7, 11) is 0. The molecule has 106 valence electrons. The molecule has 1 aliphatic heterocycles. The highest BCUT2D eigenvalue weighted by molar-refractivity contribution is 6.07. The van der Waals surface area contributed by atoms with Gasteiger partial charge >= 0.3 is 0 Å². The van der Waals surface area contributed by atoms with Crippen LogP contribution in [0.5, 0.6) is 0 Å². The number of carbonyl (C=O) groups excluding carboxylic acids is 2. The van der Waals surface area contributed by atoms with Crippen LogP contribution in [-0.4, -0.2) is 35.7 Å². The summed E-state index contributed by atoms with van der Waals surface area (Å²) >= 11 is 0. The van der Waals surface area contributed by atoms with E-state index in [-0.39, 0.29) is 17.6 Å². The maximum Gasteiger partial charge on any atom is 0.232 e. The van der Waals surface area contributed by atoms with Crippen molar-refractivity contribution < 1.29 is 9.59 Å². The van der Waals surface area contributed by atoms with Crippen LogP contribution in [0.3, 0.4) is 0 Å². The second-order valence-corrected chi connectivity index (χ2v) is 6.62. The average molecular weight is 264 g/mol. The monoisotopic (exact) mass is 264 g/mol. The Kier molecular flexibility index (Phi) is 3.37. The van der Waals surface area contributed by atoms with E-state index in [9.17, 15) is 9.59 Å². The van der Waals surface area contributed by atoms with Crippen molar-refractivity contribution in [2.75, 3.05) is 13.1 Å². The van der Waals surface area contributed by atoms with Crippen molar-refractivity contribution in [1.29, 1.82) is 0 Å². The number of hydrogen-bond acceptors (Lipinski definition) is 3. The van der Waals surface area contributed by atoms with E-state index >= 15 is 0 Å². The number of fused-ring (bicyclic) bond motifs is 2. The molecule has 3 aliphatic rings. The second-order valence-electron chi connectivity index (χ2n) is 6.62. The van der Waals surface area contributed by atoms with Gasteiger partial charge in [0.05, 0.1) is 0 Å². The van der Waals surface area contributed by atoms with Crippen molar-refractivity contribution in [1.82, 2.24) is 4.90 Å². The zero-order valence-electron chi connectivity index (χ0n) is 11.6. The minimum absolute atomic E-state index is 0.0527. The summed E-state index contributed by atoms with van der Waals surface area (Å²) < 4.78 is 0. The first-order valence-corrected chi connectivity index (χ1v) is 7.72. The fourth-order valence-electron chi connectivity index (χ4n) is 4.37. The van der Waals surface area contributed by atoms with Crippen molar-refractivity contribution in [2.45, 2.75) is 57.4 Å². The summed E-state index contributed by atoms with van der Waals surface area (Å²) in [4.78, 5) is 26.8. The number of likely N-dealkylation sites (tertiary alicyclic amines) is 1. The molecule has 2 bridgehead atoms. The van der Waals surface area contributed by atoms with Gasteiger partial charge in [0.25, 0.3) is 0 Å². The van der Waals surface area contributed by atoms with E-state index < -0.39 is 5.41 Å². The molecule has 19 heavy (non-hydrogen) atoms. The predicted molar refractivity (Wildman–Crippen MR) is 72.4 cm³/mol. The zero-order chi connectivity index (χ0) is 13.5. The summed E-state index contributed by atoms with van der Waals surface area (Å²) in [6.45, 7) is 1.45. The molecule has 0 spiro atoms. The van der Waals surface area contributed by atoms with Gasteiger partial charge in [-0.2, -0.15) is 0 Å². The summed E-state index contributed by atoms with van der Waals surface area (Å²) in [5, 5.41) is 0. The van der Waals surface area contributed by atoms with Gasteiger partial charge in [0.15, 0.2) is 5.78 Å². The van der Waals surface area contributed by atoms with Crippen molar-refractivity contribution in [3.05, 3.63) is 0 Å². The minimum Gasteiger partial charge on any atom is -0.369 e. The molecule has 2 aliphatic carbocycles. The molecule has 1 heterocycles. The molecule has 2 saturated carbocycles. The number of piperidine rings is 1. The highest BCUT2D eigenvalue weighted by atomic mass is 16.2. The van der Waals surface area contributed by atoms with Crippen LogP contribution >= 0.6 is 0 Å². The number of primary amides is 1. The third kappa shape index (κ3) is 2.10. The Bertz CT molecular complexity index is 390. The van der Waals surface area contributed by atoms with Crippen LogP contribution in [0.25, 0.3) is 0 Å². The quantitative estimate of drug-likeness (QED) is 0.768. The Morgan fingerprint density at radius 2 is 1.89 bits per heavy atom. The fourth-order valence-corrected chi connectivity index (χ4v) is 4.37. The average Bonchev–Trinajstić information content (AvgIpc) is 2.39. The second kappa shape index (κ2) is 4.89. The molecule has 0 radical (unpaired) electrons. The lowest BCUT2D eigenvalue weighted by Crippen LogP contribution is -2.63. The van der Waals surface area contributed by atoms with E-state index in [4.69, 9.17) is 5.73 Å². The molecular weight excluding hydrogens is 240 g/mol. The minimum atomic E-state index is -0.862. The number of amides is 1. The lowest BCUT2D eigenvalue weighted by Gasteiger charge is -2.49. The maximum atomic E-state index is 12.5. The van der Waals surface area contributed by atoms with E-state index in [0.717, 1.165) is 19.4 Å². The number of carbonyl (C=O) groups is 2. The molecule has 0 aromatic rings. The maximum absolute atomic E-state index is 12.5. The largest absolute Gasteiger partial charge is 0.369 e. The highest BCUT2D eigenvalue weighted by Crippen LogP contribution is 2.42. The van der Waals surface area contributed by atoms with Crippen molar-refractivity contribution in [2.24, 2.45) is 17.1 Å². The Labute approximate surface area is 114 Å². The van der Waals surface area contributed by atoms with Crippen molar-refractivity contribution >= 4 is 11.7 Å². The molecule has 2 unspecified atom stereocenters. The Morgan fingerprint density at radius 3 is 2.58 bits per heavy atom. The van der Waals surface area contributed by atoms with Gasteiger partial charge in [0, 0.05) is 25.0 Å². The van der Waals surface area contributed by atoms with E-state index in [2.05, 4.69) is 4.90 Å². The summed E-state index contributed by atoms with van der Waals surface area (Å²) in [6.07, 6.45) is 8.90. The van der Waals surface area contributed by atoms with E-state index in [1.54, 1.807) is 0 Å². The third-order valence-electron chi connectivity index (χ3n) is 5.49. The lowest BCUT2D eigenvalue weighted by molar-refractivity contribution is -0.154. The first-order chi connectivity index (χ1) is 9.13. The van der Waals surface area contributed by atoms with Gasteiger partial charge in [0.2, 0.25) is 5.91 Å². The van der Waals surface area contributed by atoms with Gasteiger partial charge in [0.1, 0.15) is 5.41 Å². The van der Waals surface area contributed by atoms with Crippen LogP contribution in [-0.2, 0) is 9.59 Å². The van der Waals surface area contributed by atoms with Gasteiger partial charge in [-0.3, -0.25) is 14.5 Å². The molecule has 0 aromatic heterocycles. The number of Topliss-reactive ketones (excluding diaryl/α,β-unsaturated/α-hetero) is 1. The first-order valence-electron chi connectivity index (χ1n) is 7.72. The van der Waals surface area contributed by atoms with Gasteiger partial charge in [-0.1, -0.05) is 25.7 Å². The molecule has 4 heteroatoms. The standard InChI is InChI=1S/C15H24N2O2/c16-14(19)15-8-4-5-11(13(15)18)9-17(10-15)12-6-2-1-3-7-12/h11-12H,1-10H2,(H2,16,19). The van der Waals surface area contributed by atoms with Crippen LogP contribution in [0, 0.1) is 11.3 Å². The molecule has 2 N–H and O–H groups in total. The van der Waals surface area contributed by atoms with Gasteiger partial charge in [-0.25, -0.2) is 0 Å². The number of nitrogens with two attached hydrogens (primary N) is 1. The SMILES string of the molecule is NC(=O)C12CCCC(CN(C3CCCCC3)C1)C2=O. The summed E-state index contributed by atoms with van der Waals surface area (Å²) in [5.41, 5.74) is 4.74.